The van der Waals surface area contributed by atoms with Crippen molar-refractivity contribution in [2.75, 3.05) is 38.2 Å². The molecule has 1 amide bonds. The van der Waals surface area contributed by atoms with Gasteiger partial charge in [-0.3, -0.25) is 4.79 Å². The van der Waals surface area contributed by atoms with Crippen molar-refractivity contribution in [3.63, 3.8) is 0 Å². The average Bonchev–Trinajstić information content (AvgIpc) is 3.14. The molecule has 1 aromatic heterocycles. The highest BCUT2D eigenvalue weighted by Gasteiger charge is 2.30. The van der Waals surface area contributed by atoms with Crippen LogP contribution in [0.25, 0.3) is 11.3 Å². The first kappa shape index (κ1) is 19.0. The summed E-state index contributed by atoms with van der Waals surface area (Å²) in [6, 6.07) is 14.1. The number of rotatable bonds is 4. The van der Waals surface area contributed by atoms with Crippen molar-refractivity contribution in [3.05, 3.63) is 65.7 Å². The third-order valence-electron chi connectivity index (χ3n) is 5.20. The van der Waals surface area contributed by atoms with Crippen LogP contribution < -0.4 is 9.64 Å². The molecule has 3 aromatic rings. The Morgan fingerprint density at radius 2 is 1.76 bits per heavy atom. The highest BCUT2D eigenvalue weighted by Crippen LogP contribution is 2.31. The maximum atomic E-state index is 14.3. The molecular weight excluding hydrogens is 373 g/mol. The Morgan fingerprint density at radius 1 is 1.07 bits per heavy atom. The molecule has 6 nitrogen and oxygen atoms in total. The van der Waals surface area contributed by atoms with E-state index >= 15 is 0 Å². The number of methoxy groups -OCH3 is 1. The summed E-state index contributed by atoms with van der Waals surface area (Å²) in [4.78, 5) is 17.2. The lowest BCUT2D eigenvalue weighted by molar-refractivity contribution is 0.0745. The second-order valence-electron chi connectivity index (χ2n) is 6.89. The molecule has 0 atom stereocenters. The Hall–Kier alpha value is -3.35. The lowest BCUT2D eigenvalue weighted by atomic mass is 10.0. The first-order valence-corrected chi connectivity index (χ1v) is 9.48. The smallest absolute Gasteiger partial charge is 0.259 e. The largest absolute Gasteiger partial charge is 0.495 e. The summed E-state index contributed by atoms with van der Waals surface area (Å²) >= 11 is 0. The summed E-state index contributed by atoms with van der Waals surface area (Å²) in [5.41, 5.74) is 1.84. The van der Waals surface area contributed by atoms with Crippen molar-refractivity contribution in [1.82, 2.24) is 10.1 Å². The third-order valence-corrected chi connectivity index (χ3v) is 5.20. The molecule has 1 fully saturated rings. The van der Waals surface area contributed by atoms with Crippen LogP contribution in [0.4, 0.5) is 10.1 Å². The number of anilines is 1. The maximum Gasteiger partial charge on any atom is 0.259 e. The predicted octanol–water partition coefficient (Wildman–Crippen LogP) is 3.76. The molecule has 7 heteroatoms. The highest BCUT2D eigenvalue weighted by molar-refractivity contribution is 6.01. The number of carbonyl (C=O) groups is 1. The summed E-state index contributed by atoms with van der Waals surface area (Å²) in [5, 5.41) is 3.96. The Labute approximate surface area is 168 Å². The summed E-state index contributed by atoms with van der Waals surface area (Å²) < 4.78 is 24.9. The number of para-hydroxylation sites is 2. The molecule has 0 spiro atoms. The van der Waals surface area contributed by atoms with Gasteiger partial charge in [-0.25, -0.2) is 4.39 Å². The molecular formula is C22H22FN3O3. The van der Waals surface area contributed by atoms with E-state index < -0.39 is 5.82 Å². The normalized spacial score (nSPS) is 14.2. The molecule has 4 rings (SSSR count). The summed E-state index contributed by atoms with van der Waals surface area (Å²) in [6.45, 7) is 4.10. The van der Waals surface area contributed by atoms with Gasteiger partial charge >= 0.3 is 0 Å². The van der Waals surface area contributed by atoms with Gasteiger partial charge in [0.05, 0.1) is 12.8 Å². The SMILES string of the molecule is COc1ccccc1N1CCN(C(=O)c2c(-c3ccccc3F)noc2C)CC1. The second kappa shape index (κ2) is 7.95. The average molecular weight is 395 g/mol. The number of nitrogens with zero attached hydrogens (tertiary/aromatic N) is 3. The molecule has 1 saturated heterocycles. The van der Waals surface area contributed by atoms with Gasteiger partial charge in [0.15, 0.2) is 0 Å². The zero-order valence-corrected chi connectivity index (χ0v) is 16.4. The monoisotopic (exact) mass is 395 g/mol. The number of aromatic nitrogens is 1. The zero-order valence-electron chi connectivity index (χ0n) is 16.4. The minimum atomic E-state index is -0.434. The van der Waals surface area contributed by atoms with E-state index in [0.29, 0.717) is 37.5 Å². The first-order chi connectivity index (χ1) is 14.1. The van der Waals surface area contributed by atoms with Gasteiger partial charge in [-0.15, -0.1) is 0 Å². The fraction of sp³-hybridized carbons (Fsp3) is 0.273. The number of aryl methyl sites for hydroxylation is 1. The van der Waals surface area contributed by atoms with Crippen molar-refractivity contribution in [2.45, 2.75) is 6.92 Å². The number of amides is 1. The molecule has 2 aromatic carbocycles. The van der Waals surface area contributed by atoms with E-state index in [1.807, 2.05) is 24.3 Å². The number of hydrogen-bond acceptors (Lipinski definition) is 5. The van der Waals surface area contributed by atoms with E-state index in [1.54, 1.807) is 37.1 Å². The highest BCUT2D eigenvalue weighted by atomic mass is 19.1. The molecule has 0 radical (unpaired) electrons. The number of ether oxygens (including phenoxy) is 1. The van der Waals surface area contributed by atoms with Crippen LogP contribution in [0.2, 0.25) is 0 Å². The quantitative estimate of drug-likeness (QED) is 0.673. The van der Waals surface area contributed by atoms with E-state index in [0.717, 1.165) is 11.4 Å². The summed E-state index contributed by atoms with van der Waals surface area (Å²) in [5.74, 6) is 0.571. The molecule has 0 aliphatic carbocycles. The standard InChI is InChI=1S/C22H22FN3O3/c1-15-20(21(24-29-15)16-7-3-4-8-17(16)23)22(27)26-13-11-25(12-14-26)18-9-5-6-10-19(18)28-2/h3-10H,11-14H2,1-2H3. The zero-order chi connectivity index (χ0) is 20.4. The molecule has 1 aliphatic rings. The molecule has 29 heavy (non-hydrogen) atoms. The lowest BCUT2D eigenvalue weighted by Crippen LogP contribution is -2.49. The van der Waals surface area contributed by atoms with Crippen LogP contribution in [-0.2, 0) is 0 Å². The summed E-state index contributed by atoms with van der Waals surface area (Å²) in [6.07, 6.45) is 0. The van der Waals surface area contributed by atoms with E-state index in [-0.39, 0.29) is 17.2 Å². The molecule has 0 saturated carbocycles. The van der Waals surface area contributed by atoms with E-state index in [2.05, 4.69) is 10.1 Å². The van der Waals surface area contributed by atoms with Crippen molar-refractivity contribution in [1.29, 1.82) is 0 Å². The van der Waals surface area contributed by atoms with Crippen molar-refractivity contribution in [3.8, 4) is 17.0 Å². The van der Waals surface area contributed by atoms with Gasteiger partial charge in [-0.1, -0.05) is 29.4 Å². The molecule has 0 bridgehead atoms. The Bertz CT molecular complexity index is 1030. The Balaban J connectivity index is 1.54. The van der Waals surface area contributed by atoms with Gasteiger partial charge in [0, 0.05) is 31.7 Å². The van der Waals surface area contributed by atoms with Crippen LogP contribution in [-0.4, -0.2) is 49.3 Å². The number of halogens is 1. The van der Waals surface area contributed by atoms with Crippen LogP contribution in [0, 0.1) is 12.7 Å². The van der Waals surface area contributed by atoms with Gasteiger partial charge in [0.1, 0.15) is 28.6 Å². The molecule has 0 unspecified atom stereocenters. The van der Waals surface area contributed by atoms with E-state index in [1.165, 1.54) is 6.07 Å². The van der Waals surface area contributed by atoms with Crippen LogP contribution in [0.15, 0.2) is 53.1 Å². The van der Waals surface area contributed by atoms with Gasteiger partial charge < -0.3 is 19.1 Å². The van der Waals surface area contributed by atoms with Crippen molar-refractivity contribution in [2.24, 2.45) is 0 Å². The van der Waals surface area contributed by atoms with Crippen molar-refractivity contribution < 1.29 is 18.4 Å². The van der Waals surface area contributed by atoms with E-state index in [9.17, 15) is 9.18 Å². The van der Waals surface area contributed by atoms with Crippen LogP contribution in [0.5, 0.6) is 5.75 Å². The van der Waals surface area contributed by atoms with Crippen LogP contribution in [0.3, 0.4) is 0 Å². The fourth-order valence-electron chi connectivity index (χ4n) is 3.66. The topological polar surface area (TPSA) is 58.8 Å². The number of piperazine rings is 1. The van der Waals surface area contributed by atoms with Gasteiger partial charge in [-0.05, 0) is 31.2 Å². The molecule has 2 heterocycles. The Kier molecular flexibility index (Phi) is 5.20. The van der Waals surface area contributed by atoms with Gasteiger partial charge in [-0.2, -0.15) is 0 Å². The summed E-state index contributed by atoms with van der Waals surface area (Å²) in [7, 11) is 1.65. The molecule has 150 valence electrons. The number of benzene rings is 2. The molecule has 1 aliphatic heterocycles. The fourth-order valence-corrected chi connectivity index (χ4v) is 3.66. The number of carbonyl (C=O) groups excluding carboxylic acids is 1. The predicted molar refractivity (Wildman–Crippen MR) is 108 cm³/mol. The van der Waals surface area contributed by atoms with Crippen LogP contribution in [0.1, 0.15) is 16.1 Å². The van der Waals surface area contributed by atoms with E-state index in [4.69, 9.17) is 9.26 Å². The number of hydrogen-bond donors (Lipinski definition) is 0. The second-order valence-corrected chi connectivity index (χ2v) is 6.89. The Morgan fingerprint density at radius 3 is 2.48 bits per heavy atom. The van der Waals surface area contributed by atoms with Crippen molar-refractivity contribution >= 4 is 11.6 Å². The van der Waals surface area contributed by atoms with Crippen LogP contribution >= 0.6 is 0 Å². The third kappa shape index (κ3) is 3.55. The van der Waals surface area contributed by atoms with Gasteiger partial charge in [0.2, 0.25) is 0 Å². The maximum absolute atomic E-state index is 14.3. The molecule has 0 N–H and O–H groups in total. The first-order valence-electron chi connectivity index (χ1n) is 9.48. The lowest BCUT2D eigenvalue weighted by Gasteiger charge is -2.36. The minimum Gasteiger partial charge on any atom is -0.495 e. The minimum absolute atomic E-state index is 0.193. The van der Waals surface area contributed by atoms with Gasteiger partial charge in [0.25, 0.3) is 5.91 Å².